The Bertz CT molecular complexity index is 917. The van der Waals surface area contributed by atoms with Crippen molar-refractivity contribution >= 4 is 18.1 Å². The zero-order chi connectivity index (χ0) is 21.6. The molecule has 3 aromatic rings. The lowest BCUT2D eigenvalue weighted by Gasteiger charge is -2.39. The summed E-state index contributed by atoms with van der Waals surface area (Å²) in [7, 11) is 1.54. The molecule has 7 nitrogen and oxygen atoms in total. The zero-order valence-electron chi connectivity index (χ0n) is 17.0. The van der Waals surface area contributed by atoms with Crippen molar-refractivity contribution in [2.75, 3.05) is 7.11 Å². The molecule has 3 unspecified atom stereocenters. The Morgan fingerprint density at radius 3 is 2.30 bits per heavy atom. The fourth-order valence-electron chi connectivity index (χ4n) is 3.24. The van der Waals surface area contributed by atoms with Crippen LogP contribution in [0.25, 0.3) is 11.1 Å². The first-order valence-electron chi connectivity index (χ1n) is 9.39. The molecule has 158 valence electrons. The molecule has 3 atom stereocenters. The van der Waals surface area contributed by atoms with Crippen LogP contribution in [0.1, 0.15) is 20.1 Å². The van der Waals surface area contributed by atoms with Crippen molar-refractivity contribution in [3.63, 3.8) is 0 Å². The predicted octanol–water partition coefficient (Wildman–Crippen LogP) is 4.30. The van der Waals surface area contributed by atoms with Crippen LogP contribution in [0.3, 0.4) is 0 Å². The molecule has 2 aromatic carbocycles. The van der Waals surface area contributed by atoms with Crippen LogP contribution in [0.4, 0.5) is 0 Å². The molecule has 30 heavy (non-hydrogen) atoms. The number of carbonyl (C=O) groups excluding carboxylic acids is 1. The van der Waals surface area contributed by atoms with E-state index in [0.717, 1.165) is 11.1 Å². The summed E-state index contributed by atoms with van der Waals surface area (Å²) in [5.74, 6) is 0.621. The third-order valence-corrected chi connectivity index (χ3v) is 5.59. The van der Waals surface area contributed by atoms with E-state index >= 15 is 0 Å². The highest BCUT2D eigenvalue weighted by molar-refractivity contribution is 6.20. The van der Waals surface area contributed by atoms with Gasteiger partial charge in [0.1, 0.15) is 24.5 Å². The maximum atomic E-state index is 10.8. The van der Waals surface area contributed by atoms with Crippen LogP contribution in [-0.4, -0.2) is 40.0 Å². The van der Waals surface area contributed by atoms with Gasteiger partial charge in [0.25, 0.3) is 6.47 Å². The lowest BCUT2D eigenvalue weighted by atomic mass is 9.85. The minimum Gasteiger partial charge on any atom is -0.466 e. The second-order valence-corrected chi connectivity index (χ2v) is 7.70. The smallest absolute Gasteiger partial charge is 0.294 e. The number of hydrogen-bond donors (Lipinski definition) is 0. The van der Waals surface area contributed by atoms with Gasteiger partial charge >= 0.3 is 0 Å². The normalized spacial score (nSPS) is 14.5. The lowest BCUT2D eigenvalue weighted by molar-refractivity contribution is -0.150. The minimum absolute atomic E-state index is 0.319. The third kappa shape index (κ3) is 4.80. The monoisotopic (exact) mass is 429 g/mol. The Balaban J connectivity index is 1.88. The van der Waals surface area contributed by atoms with Gasteiger partial charge in [-0.2, -0.15) is 5.10 Å². The van der Waals surface area contributed by atoms with E-state index in [9.17, 15) is 4.79 Å². The third-order valence-electron chi connectivity index (χ3n) is 4.92. The Morgan fingerprint density at radius 1 is 1.07 bits per heavy atom. The largest absolute Gasteiger partial charge is 0.466 e. The van der Waals surface area contributed by atoms with Crippen molar-refractivity contribution in [2.45, 2.75) is 31.7 Å². The first kappa shape index (κ1) is 21.8. The number of halogens is 1. The zero-order valence-corrected chi connectivity index (χ0v) is 17.8. The van der Waals surface area contributed by atoms with Crippen molar-refractivity contribution < 1.29 is 19.0 Å². The van der Waals surface area contributed by atoms with Crippen LogP contribution in [0.15, 0.2) is 67.3 Å². The van der Waals surface area contributed by atoms with Gasteiger partial charge in [0, 0.05) is 12.5 Å². The maximum absolute atomic E-state index is 10.8. The van der Waals surface area contributed by atoms with Crippen molar-refractivity contribution in [3.05, 3.63) is 67.3 Å². The van der Waals surface area contributed by atoms with Gasteiger partial charge in [0.2, 0.25) is 6.23 Å². The van der Waals surface area contributed by atoms with Gasteiger partial charge in [-0.05, 0) is 23.3 Å². The Hall–Kier alpha value is -2.90. The topological polar surface area (TPSA) is 75.5 Å². The highest BCUT2D eigenvalue weighted by atomic mass is 35.5. The fourth-order valence-corrected chi connectivity index (χ4v) is 3.41. The number of ether oxygens (including phenoxy) is 3. The fraction of sp³-hybridized carbons (Fsp3) is 0.318. The first-order valence-corrected chi connectivity index (χ1v) is 9.83. The van der Waals surface area contributed by atoms with Gasteiger partial charge in [-0.1, -0.05) is 67.9 Å². The van der Waals surface area contributed by atoms with E-state index in [1.54, 1.807) is 11.8 Å². The van der Waals surface area contributed by atoms with Crippen LogP contribution < -0.4 is 4.74 Å². The molecule has 0 radical (unpaired) electrons. The van der Waals surface area contributed by atoms with Crippen LogP contribution >= 0.6 is 11.6 Å². The molecule has 0 aliphatic rings. The van der Waals surface area contributed by atoms with E-state index in [0.29, 0.717) is 12.2 Å². The van der Waals surface area contributed by atoms with Crippen LogP contribution in [0, 0.1) is 5.41 Å². The molecular formula is C22H24ClN3O4. The minimum atomic E-state index is -0.935. The van der Waals surface area contributed by atoms with Gasteiger partial charge in [-0.25, -0.2) is 9.67 Å². The van der Waals surface area contributed by atoms with Crippen LogP contribution in [0.2, 0.25) is 0 Å². The summed E-state index contributed by atoms with van der Waals surface area (Å²) in [6.45, 7) is 3.97. The summed E-state index contributed by atoms with van der Waals surface area (Å²) < 4.78 is 18.5. The molecule has 3 rings (SSSR count). The number of benzene rings is 2. The molecule has 0 spiro atoms. The molecule has 0 aliphatic heterocycles. The molecule has 0 amide bonds. The number of aromatic nitrogens is 3. The Kier molecular flexibility index (Phi) is 7.07. The van der Waals surface area contributed by atoms with Gasteiger partial charge in [-0.3, -0.25) is 4.79 Å². The van der Waals surface area contributed by atoms with Gasteiger partial charge in [0.05, 0.1) is 0 Å². The summed E-state index contributed by atoms with van der Waals surface area (Å²) in [5.41, 5.74) is 0.445. The molecular weight excluding hydrogens is 406 g/mol. The highest BCUT2D eigenvalue weighted by Crippen LogP contribution is 2.38. The molecule has 0 fully saturated rings. The van der Waals surface area contributed by atoms with E-state index in [4.69, 9.17) is 25.8 Å². The van der Waals surface area contributed by atoms with E-state index < -0.39 is 23.3 Å². The molecule has 0 aliphatic carbocycles. The number of alkyl halides is 1. The maximum Gasteiger partial charge on any atom is 0.294 e. The standard InChI is InChI=1S/C22H24ClN3O4/c1-22(2,21(23)29-15-27)19(28-3)20(26-14-24-13-25-26)30-18-11-9-17(10-12-18)16-7-5-4-6-8-16/h4-15,19-21H,1-3H3. The van der Waals surface area contributed by atoms with E-state index in [1.165, 1.54) is 12.7 Å². The first-order chi connectivity index (χ1) is 14.5. The van der Waals surface area contributed by atoms with E-state index in [2.05, 4.69) is 10.1 Å². The van der Waals surface area contributed by atoms with Crippen LogP contribution in [0.5, 0.6) is 5.75 Å². The van der Waals surface area contributed by atoms with Crippen molar-refractivity contribution in [3.8, 4) is 16.9 Å². The van der Waals surface area contributed by atoms with Crippen molar-refractivity contribution in [1.82, 2.24) is 14.8 Å². The number of carbonyl (C=O) groups is 1. The van der Waals surface area contributed by atoms with Gasteiger partial charge < -0.3 is 14.2 Å². The molecule has 0 saturated heterocycles. The van der Waals surface area contributed by atoms with Crippen molar-refractivity contribution in [1.29, 1.82) is 0 Å². The summed E-state index contributed by atoms with van der Waals surface area (Å²) in [6.07, 6.45) is 1.63. The van der Waals surface area contributed by atoms with E-state index in [-0.39, 0.29) is 0 Å². The van der Waals surface area contributed by atoms with E-state index in [1.807, 2.05) is 68.4 Å². The summed E-state index contributed by atoms with van der Waals surface area (Å²) in [5, 5.41) is 4.21. The summed E-state index contributed by atoms with van der Waals surface area (Å²) >= 11 is 6.31. The molecule has 1 aromatic heterocycles. The molecule has 8 heteroatoms. The average Bonchev–Trinajstić information content (AvgIpc) is 3.29. The second kappa shape index (κ2) is 9.73. The Labute approximate surface area is 180 Å². The number of rotatable bonds is 10. The quantitative estimate of drug-likeness (QED) is 0.353. The molecule has 0 N–H and O–H groups in total. The summed E-state index contributed by atoms with van der Waals surface area (Å²) in [4.78, 5) is 14.8. The molecule has 1 heterocycles. The van der Waals surface area contributed by atoms with Gasteiger partial charge in [-0.15, -0.1) is 0 Å². The second-order valence-electron chi connectivity index (χ2n) is 7.30. The lowest BCUT2D eigenvalue weighted by Crippen LogP contribution is -2.47. The highest BCUT2D eigenvalue weighted by Gasteiger charge is 2.45. The Morgan fingerprint density at radius 2 is 1.73 bits per heavy atom. The van der Waals surface area contributed by atoms with Gasteiger partial charge in [0.15, 0.2) is 5.56 Å². The molecule has 0 bridgehead atoms. The average molecular weight is 430 g/mol. The number of hydrogen-bond acceptors (Lipinski definition) is 6. The summed E-state index contributed by atoms with van der Waals surface area (Å²) in [6, 6.07) is 17.8. The van der Waals surface area contributed by atoms with Crippen LogP contribution in [-0.2, 0) is 14.3 Å². The SMILES string of the molecule is COC(C(Oc1ccc(-c2ccccc2)cc1)n1cncn1)C(C)(C)C(Cl)OC=O. The number of nitrogens with zero attached hydrogens (tertiary/aromatic N) is 3. The number of methoxy groups -OCH3 is 1. The van der Waals surface area contributed by atoms with Crippen molar-refractivity contribution in [2.24, 2.45) is 5.41 Å². The predicted molar refractivity (Wildman–Crippen MR) is 113 cm³/mol. The molecule has 0 saturated carbocycles.